The number of thiazole rings is 1. The molecule has 0 aliphatic rings. The first-order valence-corrected chi connectivity index (χ1v) is 9.87. The number of nitrogens with zero attached hydrogens (tertiary/aromatic N) is 1. The molecule has 0 atom stereocenters. The number of rotatable bonds is 6. The molecule has 1 N–H and O–H groups in total. The van der Waals surface area contributed by atoms with E-state index in [-0.39, 0.29) is 17.9 Å². The van der Waals surface area contributed by atoms with Crippen molar-refractivity contribution in [2.45, 2.75) is 26.2 Å². The third-order valence-electron chi connectivity index (χ3n) is 4.22. The zero-order valence-electron chi connectivity index (χ0n) is 16.5. The molecule has 0 unspecified atom stereocenters. The van der Waals surface area contributed by atoms with E-state index in [9.17, 15) is 4.79 Å². The van der Waals surface area contributed by atoms with Gasteiger partial charge in [-0.05, 0) is 35.2 Å². The second kappa shape index (κ2) is 8.44. The van der Waals surface area contributed by atoms with Crippen LogP contribution >= 0.6 is 11.3 Å². The van der Waals surface area contributed by atoms with Crippen LogP contribution in [0.2, 0.25) is 0 Å². The molecule has 1 aromatic heterocycles. The fourth-order valence-electron chi connectivity index (χ4n) is 2.67. The predicted octanol–water partition coefficient (Wildman–Crippen LogP) is 5.13. The molecule has 0 radical (unpaired) electrons. The number of benzene rings is 2. The maximum atomic E-state index is 12.2. The normalized spacial score (nSPS) is 11.1. The van der Waals surface area contributed by atoms with Crippen LogP contribution in [-0.4, -0.2) is 24.6 Å². The molecule has 1 heterocycles. The van der Waals surface area contributed by atoms with Gasteiger partial charge >= 0.3 is 0 Å². The first-order chi connectivity index (χ1) is 13.4. The number of hydrogen-bond donors (Lipinski definition) is 1. The van der Waals surface area contributed by atoms with E-state index in [2.05, 4.69) is 31.1 Å². The standard InChI is InChI=1S/C22H24N2O3S/c1-22(2,3)15-9-11-16(12-10-15)27-13-20(25)24-21-23-18(14-28-21)17-7-5-6-8-19(17)26-4/h5-12,14H,13H2,1-4H3,(H,23,24,25). The van der Waals surface area contributed by atoms with Gasteiger partial charge in [0.1, 0.15) is 11.5 Å². The monoisotopic (exact) mass is 396 g/mol. The highest BCUT2D eigenvalue weighted by Gasteiger charge is 2.14. The molecule has 3 rings (SSSR count). The maximum Gasteiger partial charge on any atom is 0.264 e. The quantitative estimate of drug-likeness (QED) is 0.627. The Hall–Kier alpha value is -2.86. The summed E-state index contributed by atoms with van der Waals surface area (Å²) in [6.07, 6.45) is 0. The number of nitrogens with one attached hydrogen (secondary N) is 1. The molecule has 0 spiro atoms. The van der Waals surface area contributed by atoms with Gasteiger partial charge in [-0.3, -0.25) is 10.1 Å². The lowest BCUT2D eigenvalue weighted by Crippen LogP contribution is -2.20. The number of anilines is 1. The van der Waals surface area contributed by atoms with E-state index in [4.69, 9.17) is 9.47 Å². The van der Waals surface area contributed by atoms with Gasteiger partial charge in [0.25, 0.3) is 5.91 Å². The summed E-state index contributed by atoms with van der Waals surface area (Å²) in [5.74, 6) is 1.16. The van der Waals surface area contributed by atoms with Crippen LogP contribution < -0.4 is 14.8 Å². The number of aromatic nitrogens is 1. The number of amides is 1. The van der Waals surface area contributed by atoms with Crippen molar-refractivity contribution in [1.82, 2.24) is 4.98 Å². The van der Waals surface area contributed by atoms with Crippen molar-refractivity contribution >= 4 is 22.4 Å². The fourth-order valence-corrected chi connectivity index (χ4v) is 3.39. The van der Waals surface area contributed by atoms with Crippen molar-refractivity contribution in [1.29, 1.82) is 0 Å². The lowest BCUT2D eigenvalue weighted by Gasteiger charge is -2.19. The summed E-state index contributed by atoms with van der Waals surface area (Å²) in [4.78, 5) is 16.7. The van der Waals surface area contributed by atoms with Gasteiger partial charge in [0.15, 0.2) is 11.7 Å². The van der Waals surface area contributed by atoms with E-state index in [0.717, 1.165) is 17.0 Å². The van der Waals surface area contributed by atoms with Gasteiger partial charge in [0.2, 0.25) is 0 Å². The Morgan fingerprint density at radius 1 is 1.11 bits per heavy atom. The first-order valence-electron chi connectivity index (χ1n) is 8.99. The molecule has 0 saturated carbocycles. The molecule has 5 nitrogen and oxygen atoms in total. The fraction of sp³-hybridized carbons (Fsp3) is 0.273. The summed E-state index contributed by atoms with van der Waals surface area (Å²) in [7, 11) is 1.62. The Kier molecular flexibility index (Phi) is 5.99. The van der Waals surface area contributed by atoms with Crippen molar-refractivity contribution in [2.75, 3.05) is 19.0 Å². The van der Waals surface area contributed by atoms with Crippen LogP contribution in [0, 0.1) is 0 Å². The Labute approximate surface area is 169 Å². The molecule has 0 aliphatic carbocycles. The highest BCUT2D eigenvalue weighted by molar-refractivity contribution is 7.14. The predicted molar refractivity (Wildman–Crippen MR) is 113 cm³/mol. The SMILES string of the molecule is COc1ccccc1-c1csc(NC(=O)COc2ccc(C(C)(C)C)cc2)n1. The number of carbonyl (C=O) groups is 1. The van der Waals surface area contributed by atoms with Gasteiger partial charge in [-0.1, -0.05) is 45.0 Å². The number of methoxy groups -OCH3 is 1. The van der Waals surface area contributed by atoms with E-state index < -0.39 is 0 Å². The molecule has 0 fully saturated rings. The van der Waals surface area contributed by atoms with Crippen LogP contribution in [0.4, 0.5) is 5.13 Å². The molecular weight excluding hydrogens is 372 g/mol. The molecule has 0 bridgehead atoms. The Morgan fingerprint density at radius 2 is 1.82 bits per heavy atom. The second-order valence-corrected chi connectivity index (χ2v) is 8.21. The van der Waals surface area contributed by atoms with Gasteiger partial charge in [0.05, 0.1) is 12.8 Å². The van der Waals surface area contributed by atoms with Crippen molar-refractivity contribution in [3.63, 3.8) is 0 Å². The van der Waals surface area contributed by atoms with Crippen molar-refractivity contribution in [3.8, 4) is 22.8 Å². The first kappa shape index (κ1) is 19.9. The number of carbonyl (C=O) groups excluding carboxylic acids is 1. The Bertz CT molecular complexity index is 943. The summed E-state index contributed by atoms with van der Waals surface area (Å²) < 4.78 is 10.9. The molecule has 0 saturated heterocycles. The van der Waals surface area contributed by atoms with Crippen molar-refractivity contribution in [2.24, 2.45) is 0 Å². The van der Waals surface area contributed by atoms with E-state index in [1.165, 1.54) is 16.9 Å². The lowest BCUT2D eigenvalue weighted by atomic mass is 9.87. The summed E-state index contributed by atoms with van der Waals surface area (Å²) in [5, 5.41) is 5.19. The van der Waals surface area contributed by atoms with Gasteiger partial charge in [-0.25, -0.2) is 4.98 Å². The zero-order valence-corrected chi connectivity index (χ0v) is 17.3. The van der Waals surface area contributed by atoms with Crippen LogP contribution in [0.1, 0.15) is 26.3 Å². The van der Waals surface area contributed by atoms with Gasteiger partial charge in [-0.2, -0.15) is 0 Å². The second-order valence-electron chi connectivity index (χ2n) is 7.35. The van der Waals surface area contributed by atoms with E-state index >= 15 is 0 Å². The lowest BCUT2D eigenvalue weighted by molar-refractivity contribution is -0.118. The van der Waals surface area contributed by atoms with Crippen molar-refractivity contribution < 1.29 is 14.3 Å². The number of hydrogen-bond acceptors (Lipinski definition) is 5. The summed E-state index contributed by atoms with van der Waals surface area (Å²) in [5.41, 5.74) is 2.95. The molecule has 1 amide bonds. The molecule has 6 heteroatoms. The van der Waals surface area contributed by atoms with E-state index in [0.29, 0.717) is 10.9 Å². The minimum atomic E-state index is -0.249. The minimum absolute atomic E-state index is 0.0710. The van der Waals surface area contributed by atoms with E-state index in [1.54, 1.807) is 7.11 Å². The van der Waals surface area contributed by atoms with Crippen LogP contribution in [-0.2, 0) is 10.2 Å². The van der Waals surface area contributed by atoms with Crippen molar-refractivity contribution in [3.05, 3.63) is 59.5 Å². The number of para-hydroxylation sites is 1. The summed E-state index contributed by atoms with van der Waals surface area (Å²) >= 11 is 1.36. The minimum Gasteiger partial charge on any atom is -0.496 e. The highest BCUT2D eigenvalue weighted by atomic mass is 32.1. The average Bonchev–Trinajstić information content (AvgIpc) is 3.14. The largest absolute Gasteiger partial charge is 0.496 e. The average molecular weight is 397 g/mol. The molecule has 28 heavy (non-hydrogen) atoms. The summed E-state index contributed by atoms with van der Waals surface area (Å²) in [6, 6.07) is 15.5. The van der Waals surface area contributed by atoms with Crippen LogP contribution in [0.15, 0.2) is 53.9 Å². The van der Waals surface area contributed by atoms with Gasteiger partial charge in [0, 0.05) is 10.9 Å². The highest BCUT2D eigenvalue weighted by Crippen LogP contribution is 2.31. The molecule has 3 aromatic rings. The van der Waals surface area contributed by atoms with Crippen LogP contribution in [0.5, 0.6) is 11.5 Å². The molecule has 2 aromatic carbocycles. The molecular formula is C22H24N2O3S. The van der Waals surface area contributed by atoms with E-state index in [1.807, 2.05) is 53.9 Å². The number of ether oxygens (including phenoxy) is 2. The third kappa shape index (κ3) is 4.89. The third-order valence-corrected chi connectivity index (χ3v) is 4.98. The Balaban J connectivity index is 1.58. The summed E-state index contributed by atoms with van der Waals surface area (Å²) in [6.45, 7) is 6.40. The van der Waals surface area contributed by atoms with Gasteiger partial charge in [-0.15, -0.1) is 11.3 Å². The van der Waals surface area contributed by atoms with Crippen LogP contribution in [0.25, 0.3) is 11.3 Å². The Morgan fingerprint density at radius 3 is 2.50 bits per heavy atom. The smallest absolute Gasteiger partial charge is 0.264 e. The molecule has 0 aliphatic heterocycles. The maximum absolute atomic E-state index is 12.2. The zero-order chi connectivity index (χ0) is 20.1. The molecule has 146 valence electrons. The van der Waals surface area contributed by atoms with Gasteiger partial charge < -0.3 is 9.47 Å². The van der Waals surface area contributed by atoms with Crippen LogP contribution in [0.3, 0.4) is 0 Å². The topological polar surface area (TPSA) is 60.5 Å².